The minimum absolute atomic E-state index is 0.334. The highest BCUT2D eigenvalue weighted by atomic mass is 16.5. The van der Waals surface area contributed by atoms with E-state index >= 15 is 0 Å². The number of nitrogens with one attached hydrogen (secondary N) is 1. The Labute approximate surface area is 109 Å². The number of hydrogen-bond acceptors (Lipinski definition) is 4. The molecule has 0 bridgehead atoms. The van der Waals surface area contributed by atoms with Gasteiger partial charge in [0.25, 0.3) is 0 Å². The first-order valence-corrected chi connectivity index (χ1v) is 6.35. The highest BCUT2D eigenvalue weighted by molar-refractivity contribution is 5.42. The smallest absolute Gasteiger partial charge is 0.161 e. The molecule has 4 nitrogen and oxygen atoms in total. The lowest BCUT2D eigenvalue weighted by molar-refractivity contribution is 0.191. The molecule has 2 N–H and O–H groups in total. The van der Waals surface area contributed by atoms with Crippen LogP contribution in [0.5, 0.6) is 11.5 Å². The zero-order chi connectivity index (χ0) is 13.4. The number of benzene rings is 1. The molecule has 1 aromatic rings. The quantitative estimate of drug-likeness (QED) is 0.743. The molecule has 0 aromatic heterocycles. The van der Waals surface area contributed by atoms with Crippen molar-refractivity contribution in [2.24, 2.45) is 0 Å². The van der Waals surface area contributed by atoms with Crippen molar-refractivity contribution in [3.05, 3.63) is 23.8 Å². The molecule has 0 saturated heterocycles. The van der Waals surface area contributed by atoms with E-state index in [1.54, 1.807) is 14.0 Å². The van der Waals surface area contributed by atoms with Crippen molar-refractivity contribution >= 4 is 0 Å². The first-order chi connectivity index (χ1) is 8.67. The Morgan fingerprint density at radius 2 is 2.11 bits per heavy atom. The van der Waals surface area contributed by atoms with Crippen molar-refractivity contribution < 1.29 is 14.6 Å². The number of rotatable bonds is 8. The van der Waals surface area contributed by atoms with E-state index in [4.69, 9.17) is 14.6 Å². The van der Waals surface area contributed by atoms with Crippen LogP contribution in [0.3, 0.4) is 0 Å². The Kier molecular flexibility index (Phi) is 6.54. The summed E-state index contributed by atoms with van der Waals surface area (Å²) in [6, 6.07) is 5.89. The maximum atomic E-state index is 9.17. The van der Waals surface area contributed by atoms with Gasteiger partial charge in [0.05, 0.1) is 19.8 Å². The Bertz CT molecular complexity index is 353. The van der Waals surface area contributed by atoms with Gasteiger partial charge in [-0.05, 0) is 31.0 Å². The SMILES string of the molecule is CCCOc1ccc(CNCC(C)O)cc1OC. The molecule has 0 radical (unpaired) electrons. The van der Waals surface area contributed by atoms with Crippen molar-refractivity contribution in [2.75, 3.05) is 20.3 Å². The van der Waals surface area contributed by atoms with Crippen LogP contribution in [0.1, 0.15) is 25.8 Å². The molecule has 1 atom stereocenters. The Morgan fingerprint density at radius 3 is 2.72 bits per heavy atom. The molecular formula is C14H23NO3. The maximum Gasteiger partial charge on any atom is 0.161 e. The number of ether oxygens (including phenoxy) is 2. The standard InChI is InChI=1S/C14H23NO3/c1-4-7-18-13-6-5-12(8-14(13)17-3)10-15-9-11(2)16/h5-6,8,11,15-16H,4,7,9-10H2,1-3H3. The van der Waals surface area contributed by atoms with Gasteiger partial charge in [0.15, 0.2) is 11.5 Å². The third kappa shape index (κ3) is 4.94. The summed E-state index contributed by atoms with van der Waals surface area (Å²) in [6.07, 6.45) is 0.639. The van der Waals surface area contributed by atoms with Gasteiger partial charge in [-0.1, -0.05) is 13.0 Å². The summed E-state index contributed by atoms with van der Waals surface area (Å²) in [5.74, 6) is 1.53. The van der Waals surface area contributed by atoms with E-state index in [0.717, 1.165) is 23.5 Å². The molecular weight excluding hydrogens is 230 g/mol. The summed E-state index contributed by atoms with van der Waals surface area (Å²) in [6.45, 7) is 5.80. The fourth-order valence-electron chi connectivity index (χ4n) is 1.58. The van der Waals surface area contributed by atoms with Gasteiger partial charge in [-0.3, -0.25) is 0 Å². The largest absolute Gasteiger partial charge is 0.493 e. The molecule has 0 spiro atoms. The molecule has 4 heteroatoms. The molecule has 0 aliphatic rings. The molecule has 18 heavy (non-hydrogen) atoms. The molecule has 0 heterocycles. The zero-order valence-corrected chi connectivity index (χ0v) is 11.4. The number of aliphatic hydroxyl groups is 1. The Balaban J connectivity index is 2.60. The lowest BCUT2D eigenvalue weighted by atomic mass is 10.2. The average Bonchev–Trinajstić information content (AvgIpc) is 2.36. The third-order valence-corrected chi connectivity index (χ3v) is 2.46. The van der Waals surface area contributed by atoms with E-state index < -0.39 is 0 Å². The van der Waals surface area contributed by atoms with Crippen molar-refractivity contribution in [1.82, 2.24) is 5.32 Å². The molecule has 102 valence electrons. The van der Waals surface area contributed by atoms with Crippen LogP contribution in [-0.4, -0.2) is 31.5 Å². The van der Waals surface area contributed by atoms with Crippen molar-refractivity contribution in [3.63, 3.8) is 0 Å². The summed E-state index contributed by atoms with van der Waals surface area (Å²) in [5, 5.41) is 12.3. The summed E-state index contributed by atoms with van der Waals surface area (Å²) in [5.41, 5.74) is 1.11. The number of methoxy groups -OCH3 is 1. The van der Waals surface area contributed by atoms with Gasteiger partial charge < -0.3 is 19.9 Å². The Morgan fingerprint density at radius 1 is 1.33 bits per heavy atom. The predicted molar refractivity (Wildman–Crippen MR) is 72.2 cm³/mol. The van der Waals surface area contributed by atoms with Gasteiger partial charge in [0.1, 0.15) is 0 Å². The maximum absolute atomic E-state index is 9.17. The second-order valence-corrected chi connectivity index (χ2v) is 4.31. The molecule has 0 aliphatic carbocycles. The first kappa shape index (κ1) is 14.8. The summed E-state index contributed by atoms with van der Waals surface area (Å²) in [7, 11) is 1.64. The van der Waals surface area contributed by atoms with E-state index in [1.165, 1.54) is 0 Å². The molecule has 1 rings (SSSR count). The van der Waals surface area contributed by atoms with E-state index in [-0.39, 0.29) is 6.10 Å². The molecule has 0 fully saturated rings. The van der Waals surface area contributed by atoms with Gasteiger partial charge in [-0.25, -0.2) is 0 Å². The van der Waals surface area contributed by atoms with E-state index in [1.807, 2.05) is 18.2 Å². The zero-order valence-electron chi connectivity index (χ0n) is 11.4. The van der Waals surface area contributed by atoms with Gasteiger partial charge in [-0.2, -0.15) is 0 Å². The van der Waals surface area contributed by atoms with Crippen molar-refractivity contribution in [2.45, 2.75) is 32.9 Å². The van der Waals surface area contributed by atoms with E-state index in [9.17, 15) is 0 Å². The molecule has 0 amide bonds. The van der Waals surface area contributed by atoms with Gasteiger partial charge in [-0.15, -0.1) is 0 Å². The van der Waals surface area contributed by atoms with Crippen LogP contribution in [0.15, 0.2) is 18.2 Å². The second-order valence-electron chi connectivity index (χ2n) is 4.31. The van der Waals surface area contributed by atoms with Crippen LogP contribution in [0.25, 0.3) is 0 Å². The highest BCUT2D eigenvalue weighted by Gasteiger charge is 2.05. The van der Waals surface area contributed by atoms with Crippen LogP contribution in [0.4, 0.5) is 0 Å². The first-order valence-electron chi connectivity index (χ1n) is 6.35. The number of aliphatic hydroxyl groups excluding tert-OH is 1. The molecule has 1 aromatic carbocycles. The van der Waals surface area contributed by atoms with Gasteiger partial charge in [0, 0.05) is 13.1 Å². The molecule has 1 unspecified atom stereocenters. The molecule has 0 aliphatic heterocycles. The van der Waals surface area contributed by atoms with Crippen molar-refractivity contribution in [3.8, 4) is 11.5 Å². The van der Waals surface area contributed by atoms with E-state index in [0.29, 0.717) is 19.7 Å². The highest BCUT2D eigenvalue weighted by Crippen LogP contribution is 2.28. The van der Waals surface area contributed by atoms with Crippen LogP contribution < -0.4 is 14.8 Å². The van der Waals surface area contributed by atoms with E-state index in [2.05, 4.69) is 12.2 Å². The average molecular weight is 253 g/mol. The third-order valence-electron chi connectivity index (χ3n) is 2.46. The minimum Gasteiger partial charge on any atom is -0.493 e. The lowest BCUT2D eigenvalue weighted by Crippen LogP contribution is -2.23. The summed E-state index contributed by atoms with van der Waals surface area (Å²) < 4.78 is 10.9. The lowest BCUT2D eigenvalue weighted by Gasteiger charge is -2.12. The van der Waals surface area contributed by atoms with Gasteiger partial charge in [0.2, 0.25) is 0 Å². The van der Waals surface area contributed by atoms with Crippen LogP contribution in [0.2, 0.25) is 0 Å². The normalized spacial score (nSPS) is 12.2. The topological polar surface area (TPSA) is 50.7 Å². The summed E-state index contributed by atoms with van der Waals surface area (Å²) >= 11 is 0. The summed E-state index contributed by atoms with van der Waals surface area (Å²) in [4.78, 5) is 0. The molecule has 0 saturated carbocycles. The van der Waals surface area contributed by atoms with Crippen molar-refractivity contribution in [1.29, 1.82) is 0 Å². The Hall–Kier alpha value is -1.26. The van der Waals surface area contributed by atoms with Crippen LogP contribution >= 0.6 is 0 Å². The van der Waals surface area contributed by atoms with Crippen LogP contribution in [0, 0.1) is 0 Å². The predicted octanol–water partition coefficient (Wildman–Crippen LogP) is 1.95. The fourth-order valence-corrected chi connectivity index (χ4v) is 1.58. The minimum atomic E-state index is -0.334. The van der Waals surface area contributed by atoms with Gasteiger partial charge >= 0.3 is 0 Å². The monoisotopic (exact) mass is 253 g/mol. The van der Waals surface area contributed by atoms with Crippen LogP contribution in [-0.2, 0) is 6.54 Å². The number of hydrogen-bond donors (Lipinski definition) is 2. The fraction of sp³-hybridized carbons (Fsp3) is 0.571. The second kappa shape index (κ2) is 7.95.